The molecule has 2 rings (SSSR count). The first-order chi connectivity index (χ1) is 14.7. The van der Waals surface area contributed by atoms with Crippen molar-refractivity contribution in [2.24, 2.45) is 5.92 Å². The highest BCUT2D eigenvalue weighted by molar-refractivity contribution is 7.71. The van der Waals surface area contributed by atoms with Gasteiger partial charge in [0.1, 0.15) is 12.0 Å². The number of ether oxygens (including phenoxy) is 1. The molecule has 190 valence electrons. The normalized spacial score (nSPS) is 27.8. The fourth-order valence-electron chi connectivity index (χ4n) is 2.59. The number of nitrogens with zero attached hydrogens (tertiary/aromatic N) is 2. The number of phosphoric acid groups is 3. The van der Waals surface area contributed by atoms with E-state index in [1.54, 1.807) is 0 Å². The summed E-state index contributed by atoms with van der Waals surface area (Å²) in [5.74, 6) is -4.80. The average molecular weight is 569 g/mol. The molecule has 0 aliphatic carbocycles. The average Bonchev–Trinajstić information content (AvgIpc) is 2.89. The summed E-state index contributed by atoms with van der Waals surface area (Å²) in [6.45, 7) is -1.40. The lowest BCUT2D eigenvalue weighted by molar-refractivity contribution is -0.211. The molecule has 0 spiro atoms. The summed E-state index contributed by atoms with van der Waals surface area (Å²) in [6.07, 6.45) is -11.6. The van der Waals surface area contributed by atoms with Crippen LogP contribution in [0.3, 0.4) is 0 Å². The predicted molar refractivity (Wildman–Crippen MR) is 96.7 cm³/mol. The van der Waals surface area contributed by atoms with Crippen LogP contribution in [0, 0.1) is 16.5 Å². The van der Waals surface area contributed by atoms with Crippen molar-refractivity contribution in [2.75, 3.05) is 12.3 Å². The number of anilines is 1. The number of aliphatic hydroxyl groups is 1. The molecule has 0 bridgehead atoms. The van der Waals surface area contributed by atoms with Crippen LogP contribution in [0.2, 0.25) is 0 Å². The highest BCUT2D eigenvalue weighted by atomic mass is 32.1. The summed E-state index contributed by atoms with van der Waals surface area (Å²) >= 11 is 4.72. The van der Waals surface area contributed by atoms with E-state index in [0.29, 0.717) is 10.8 Å². The first-order valence-electron chi connectivity index (χ1n) is 7.95. The van der Waals surface area contributed by atoms with E-state index in [1.165, 1.54) is 0 Å². The minimum Gasteiger partial charge on any atom is -0.389 e. The van der Waals surface area contributed by atoms with Gasteiger partial charge in [0, 0.05) is 6.20 Å². The number of aliphatic hydroxyl groups excluding tert-OH is 1. The van der Waals surface area contributed by atoms with Gasteiger partial charge in [0.05, 0.1) is 12.7 Å². The van der Waals surface area contributed by atoms with Crippen molar-refractivity contribution in [3.63, 3.8) is 0 Å². The zero-order valence-electron chi connectivity index (χ0n) is 15.4. The van der Waals surface area contributed by atoms with Crippen molar-refractivity contribution in [3.8, 4) is 0 Å². The highest BCUT2D eigenvalue weighted by Gasteiger charge is 2.58. The molecule has 0 amide bonds. The zero-order valence-corrected chi connectivity index (χ0v) is 18.9. The van der Waals surface area contributed by atoms with Gasteiger partial charge in [-0.05, 0) is 12.2 Å². The Morgan fingerprint density at radius 2 is 1.76 bits per heavy atom. The maximum Gasteiger partial charge on any atom is 0.490 e. The van der Waals surface area contributed by atoms with Gasteiger partial charge in [-0.3, -0.25) is 9.09 Å². The predicted octanol–water partition coefficient (Wildman–Crippen LogP) is 1.11. The Balaban J connectivity index is 2.24. The van der Waals surface area contributed by atoms with Gasteiger partial charge in [-0.15, -0.1) is 0 Å². The number of nitrogen functional groups attached to an aromatic ring is 1. The van der Waals surface area contributed by atoms with Gasteiger partial charge in [-0.25, -0.2) is 18.1 Å². The first kappa shape index (κ1) is 28.4. The van der Waals surface area contributed by atoms with Gasteiger partial charge >= 0.3 is 29.6 Å². The van der Waals surface area contributed by atoms with E-state index in [0.717, 1.165) is 0 Å². The molecule has 1 aromatic heterocycles. The third-order valence-electron chi connectivity index (χ3n) is 3.77. The van der Waals surface area contributed by atoms with Crippen molar-refractivity contribution in [1.29, 1.82) is 0 Å². The molecule has 1 aromatic rings. The Kier molecular flexibility index (Phi) is 8.31. The topological polar surface area (TPSA) is 233 Å². The molecule has 1 saturated heterocycles. The lowest BCUT2D eigenvalue weighted by Crippen LogP contribution is -2.39. The largest absolute Gasteiger partial charge is 0.490 e. The number of nitrogens with two attached hydrogens (primary N) is 1. The van der Waals surface area contributed by atoms with E-state index in [4.69, 9.17) is 37.4 Å². The number of hydrogen-bond acceptors (Lipinski definition) is 11. The van der Waals surface area contributed by atoms with Gasteiger partial charge in [0.15, 0.2) is 17.9 Å². The number of phosphoric ester groups is 1. The number of halogens is 4. The molecule has 0 radical (unpaired) electrons. The molecule has 0 saturated carbocycles. The van der Waals surface area contributed by atoms with Crippen LogP contribution >= 0.6 is 35.7 Å². The number of hydrogen-bond donors (Lipinski definition) is 6. The summed E-state index contributed by atoms with van der Waals surface area (Å²) in [5.41, 5.74) is 5.17. The molecule has 0 aromatic carbocycles. The second-order valence-corrected chi connectivity index (χ2v) is 11.0. The lowest BCUT2D eigenvalue weighted by atomic mass is 9.99. The van der Waals surface area contributed by atoms with Crippen molar-refractivity contribution >= 4 is 41.5 Å². The Bertz CT molecular complexity index is 1100. The van der Waals surface area contributed by atoms with Crippen molar-refractivity contribution in [1.82, 2.24) is 9.55 Å². The summed E-state index contributed by atoms with van der Waals surface area (Å²) in [4.78, 5) is 38.7. The summed E-state index contributed by atoms with van der Waals surface area (Å²) in [6, 6.07) is 0. The quantitative estimate of drug-likeness (QED) is 0.146. The van der Waals surface area contributed by atoms with Crippen molar-refractivity contribution in [3.05, 3.63) is 16.8 Å². The van der Waals surface area contributed by atoms with Gasteiger partial charge < -0.3 is 35.2 Å². The molecule has 33 heavy (non-hydrogen) atoms. The molecule has 1 fully saturated rings. The van der Waals surface area contributed by atoms with Gasteiger partial charge in [0.25, 0.3) is 0 Å². The summed E-state index contributed by atoms with van der Waals surface area (Å²) in [5, 5.41) is 10.1. The van der Waals surface area contributed by atoms with E-state index in [2.05, 4.69) is 18.1 Å². The van der Waals surface area contributed by atoms with Crippen molar-refractivity contribution < 1.29 is 73.8 Å². The molecular weight excluding hydrogens is 555 g/mol. The van der Waals surface area contributed by atoms with E-state index in [9.17, 15) is 41.3 Å². The van der Waals surface area contributed by atoms with Crippen LogP contribution in [0.25, 0.3) is 0 Å². The van der Waals surface area contributed by atoms with Crippen LogP contribution in [-0.4, -0.2) is 59.2 Å². The third kappa shape index (κ3) is 7.57. The standard InChI is InChI=1S/C10H14F4N3O12P3S/c11-3-1-17(9(33)16-7(3)15)8-5(10(12,13)14)6(18)4(27-8)2-26-31(22,23)29-32(24,25)28-30(19,20)21/h1,4-6,8,18H,2H2,(H,22,23)(H,24,25)(H2,15,16,33)(H2,19,20,21)/t4-,5?,6+,8-/m1/s1. The van der Waals surface area contributed by atoms with E-state index in [1.807, 2.05) is 0 Å². The van der Waals surface area contributed by atoms with Crippen molar-refractivity contribution in [2.45, 2.75) is 24.6 Å². The van der Waals surface area contributed by atoms with Crippen LogP contribution in [-0.2, 0) is 31.6 Å². The molecular formula is C10H14F4N3O12P3S. The van der Waals surface area contributed by atoms with E-state index < -0.39 is 77.0 Å². The molecule has 15 nitrogen and oxygen atoms in total. The number of alkyl halides is 3. The molecule has 2 heterocycles. The molecule has 7 N–H and O–H groups in total. The fourth-order valence-corrected chi connectivity index (χ4v) is 5.87. The smallest absolute Gasteiger partial charge is 0.389 e. The molecule has 23 heteroatoms. The second kappa shape index (κ2) is 9.66. The lowest BCUT2D eigenvalue weighted by Gasteiger charge is -2.24. The minimum atomic E-state index is -5.89. The monoisotopic (exact) mass is 569 g/mol. The maximum absolute atomic E-state index is 13.7. The van der Waals surface area contributed by atoms with Gasteiger partial charge in [0.2, 0.25) is 4.77 Å². The van der Waals surface area contributed by atoms with Crippen LogP contribution < -0.4 is 5.73 Å². The van der Waals surface area contributed by atoms with Gasteiger partial charge in [-0.2, -0.15) is 26.8 Å². The fraction of sp³-hybridized carbons (Fsp3) is 0.600. The SMILES string of the molecule is Nc1nc(=S)n([C@@H]2O[C@H](COP(=O)(O)OP(=O)(O)OP(=O)(O)O)[C@H](O)C2C(F)(F)F)cc1F. The van der Waals surface area contributed by atoms with E-state index in [-0.39, 0.29) is 0 Å². The Hall–Kier alpha value is -0.850. The van der Waals surface area contributed by atoms with Crippen LogP contribution in [0.5, 0.6) is 0 Å². The molecule has 6 atom stereocenters. The summed E-state index contributed by atoms with van der Waals surface area (Å²) < 4.78 is 104. The first-order valence-corrected chi connectivity index (χ1v) is 12.9. The Morgan fingerprint density at radius 3 is 2.27 bits per heavy atom. The molecule has 3 unspecified atom stereocenters. The minimum absolute atomic E-state index is 0.382. The number of aromatic nitrogens is 2. The highest BCUT2D eigenvalue weighted by Crippen LogP contribution is 2.66. The third-order valence-corrected chi connectivity index (χ3v) is 7.88. The van der Waals surface area contributed by atoms with Crippen LogP contribution in [0.4, 0.5) is 23.4 Å². The maximum atomic E-state index is 13.7. The van der Waals surface area contributed by atoms with Crippen LogP contribution in [0.15, 0.2) is 6.20 Å². The zero-order chi connectivity index (χ0) is 25.6. The van der Waals surface area contributed by atoms with Crippen LogP contribution in [0.1, 0.15) is 6.23 Å². The summed E-state index contributed by atoms with van der Waals surface area (Å²) in [7, 11) is -17.3. The Labute approximate surface area is 185 Å². The second-order valence-electron chi connectivity index (χ2n) is 6.17. The number of rotatable bonds is 8. The molecule has 1 aliphatic heterocycles. The van der Waals surface area contributed by atoms with Gasteiger partial charge in [-0.1, -0.05) is 0 Å². The van der Waals surface area contributed by atoms with E-state index >= 15 is 0 Å². The molecule has 1 aliphatic rings. The Morgan fingerprint density at radius 1 is 1.18 bits per heavy atom.